The Morgan fingerprint density at radius 1 is 0.545 bits per heavy atom. The summed E-state index contributed by atoms with van der Waals surface area (Å²) in [5.74, 6) is 0. The van der Waals surface area contributed by atoms with Crippen LogP contribution in [-0.4, -0.2) is 6.85 Å². The number of fused-ring (bicyclic) bond motifs is 12. The van der Waals surface area contributed by atoms with Gasteiger partial charge in [-0.05, 0) is 98.9 Å². The van der Waals surface area contributed by atoms with Crippen LogP contribution in [0.25, 0.3) is 54.3 Å². The summed E-state index contributed by atoms with van der Waals surface area (Å²) in [5, 5.41) is 4.81. The molecule has 312 valence electrons. The van der Waals surface area contributed by atoms with Crippen molar-refractivity contribution in [3.05, 3.63) is 234 Å². The monoisotopic (exact) mass is 862 g/mol. The molecule has 0 saturated carbocycles. The highest BCUT2D eigenvalue weighted by Crippen LogP contribution is 2.62. The minimum Gasteiger partial charge on any atom is -0.455 e. The first kappa shape index (κ1) is 37.7. The van der Waals surface area contributed by atoms with Crippen LogP contribution in [0.2, 0.25) is 0 Å². The number of thiophene rings is 1. The van der Waals surface area contributed by atoms with Gasteiger partial charge in [-0.1, -0.05) is 183 Å². The molecule has 0 unspecified atom stereocenters. The fraction of sp³-hybridized carbons (Fsp3) is 0.0820. The number of para-hydroxylation sites is 3. The van der Waals surface area contributed by atoms with Crippen LogP contribution in [0.3, 0.4) is 0 Å². The van der Waals surface area contributed by atoms with Crippen molar-refractivity contribution in [2.24, 2.45) is 0 Å². The molecule has 0 spiro atoms. The zero-order chi connectivity index (χ0) is 43.5. The lowest BCUT2D eigenvalue weighted by atomic mass is 9.42. The Labute approximate surface area is 388 Å². The van der Waals surface area contributed by atoms with Gasteiger partial charge in [-0.3, -0.25) is 0 Å². The third-order valence-electron chi connectivity index (χ3n) is 14.7. The number of benzene rings is 9. The first-order chi connectivity index (χ1) is 32.7. The van der Waals surface area contributed by atoms with E-state index in [9.17, 15) is 0 Å². The van der Waals surface area contributed by atoms with Gasteiger partial charge in [-0.25, -0.2) is 0 Å². The molecule has 0 aliphatic carbocycles. The minimum absolute atomic E-state index is 0.168. The number of nitrogens with zero attached hydrogens (tertiary/aromatic N) is 2. The molecule has 9 aromatic carbocycles. The first-order valence-electron chi connectivity index (χ1n) is 23.4. The van der Waals surface area contributed by atoms with Gasteiger partial charge in [0.15, 0.2) is 0 Å². The molecule has 66 heavy (non-hydrogen) atoms. The quantitative estimate of drug-likeness (QED) is 0.149. The van der Waals surface area contributed by atoms with Crippen LogP contribution in [0.5, 0.6) is 0 Å². The number of hydrogen-bond acceptors (Lipinski definition) is 4. The average molecular weight is 863 g/mol. The van der Waals surface area contributed by atoms with Gasteiger partial charge in [0.05, 0.1) is 16.1 Å². The van der Waals surface area contributed by atoms with Crippen LogP contribution in [0.1, 0.15) is 47.6 Å². The number of aryl methyl sites for hydroxylation is 1. The van der Waals surface area contributed by atoms with Gasteiger partial charge in [-0.15, -0.1) is 11.3 Å². The smallest absolute Gasteiger partial charge is 0.334 e. The predicted octanol–water partition coefficient (Wildman–Crippen LogP) is 15.2. The maximum Gasteiger partial charge on any atom is 0.334 e. The summed E-state index contributed by atoms with van der Waals surface area (Å²) in [6.07, 6.45) is 3.37. The van der Waals surface area contributed by atoms with E-state index in [1.807, 2.05) is 11.3 Å². The van der Waals surface area contributed by atoms with Gasteiger partial charge in [-0.2, -0.15) is 0 Å². The standard InChI is InChI=1S/C61H43BN2OS/c1-2-3-20-39-35-36-50(46(37-39)40-21-7-4-8-22-40)63-52-38-47-43-27-13-17-33-53(43)65-59(47)55-45-29-19-31-49-58(45)64(62(57(52)55)56-44-28-14-18-34-54(44)66-60(56)63)51-32-16-15-30-48(51)61(49,41-23-9-5-10-24-41)42-25-11-6-12-26-42/h4-19,21-38H,2-3,20H2,1H3. The Bertz CT molecular complexity index is 3690. The highest BCUT2D eigenvalue weighted by atomic mass is 32.1. The summed E-state index contributed by atoms with van der Waals surface area (Å²) < 4.78 is 8.49. The van der Waals surface area contributed by atoms with Crippen molar-refractivity contribution in [3.8, 4) is 22.3 Å². The van der Waals surface area contributed by atoms with Crippen LogP contribution >= 0.6 is 11.3 Å². The highest BCUT2D eigenvalue weighted by Gasteiger charge is 2.55. The molecular weight excluding hydrogens is 820 g/mol. The Morgan fingerprint density at radius 2 is 1.23 bits per heavy atom. The Kier molecular flexibility index (Phi) is 8.27. The number of hydrogen-bond donors (Lipinski definition) is 0. The molecule has 0 fully saturated rings. The zero-order valence-electron chi connectivity index (χ0n) is 36.5. The molecule has 0 bridgehead atoms. The van der Waals surface area contributed by atoms with Crippen LogP contribution in [0.15, 0.2) is 211 Å². The molecule has 3 nitrogen and oxygen atoms in total. The van der Waals surface area contributed by atoms with E-state index in [1.165, 1.54) is 98.8 Å². The second kappa shape index (κ2) is 14.5. The molecule has 0 atom stereocenters. The molecule has 14 rings (SSSR count). The van der Waals surface area contributed by atoms with E-state index < -0.39 is 5.41 Å². The maximum atomic E-state index is 7.21. The summed E-state index contributed by atoms with van der Waals surface area (Å²) in [5.41, 5.74) is 19.9. The summed E-state index contributed by atoms with van der Waals surface area (Å²) in [6, 6.07) is 77.1. The Balaban J connectivity index is 1.17. The second-order valence-electron chi connectivity index (χ2n) is 18.1. The van der Waals surface area contributed by atoms with Crippen LogP contribution < -0.4 is 20.6 Å². The van der Waals surface area contributed by atoms with E-state index in [0.717, 1.165) is 41.2 Å². The number of rotatable bonds is 7. The fourth-order valence-electron chi connectivity index (χ4n) is 12.0. The third kappa shape index (κ3) is 5.09. The molecule has 0 saturated heterocycles. The topological polar surface area (TPSA) is 19.6 Å². The number of anilines is 5. The van der Waals surface area contributed by atoms with Crippen LogP contribution in [0.4, 0.5) is 27.8 Å². The van der Waals surface area contributed by atoms with Gasteiger partial charge >= 0.3 is 6.85 Å². The minimum atomic E-state index is -0.604. The zero-order valence-corrected chi connectivity index (χ0v) is 37.4. The Hall–Kier alpha value is -7.60. The molecule has 3 aliphatic heterocycles. The van der Waals surface area contributed by atoms with Crippen molar-refractivity contribution in [3.63, 3.8) is 0 Å². The lowest BCUT2D eigenvalue weighted by Crippen LogP contribution is -2.63. The van der Waals surface area contributed by atoms with Crippen molar-refractivity contribution in [2.75, 3.05) is 9.71 Å². The molecular formula is C61H43BN2OS. The third-order valence-corrected chi connectivity index (χ3v) is 15.9. The van der Waals surface area contributed by atoms with Gasteiger partial charge in [0.25, 0.3) is 0 Å². The van der Waals surface area contributed by atoms with Gasteiger partial charge in [0.1, 0.15) is 11.2 Å². The second-order valence-corrected chi connectivity index (χ2v) is 19.1. The molecule has 3 aliphatic rings. The average Bonchev–Trinajstić information content (AvgIpc) is 3.96. The molecule has 5 heteroatoms. The fourth-order valence-corrected chi connectivity index (χ4v) is 13.3. The van der Waals surface area contributed by atoms with Crippen molar-refractivity contribution in [2.45, 2.75) is 31.6 Å². The van der Waals surface area contributed by atoms with E-state index in [4.69, 9.17) is 4.42 Å². The summed E-state index contributed by atoms with van der Waals surface area (Å²) in [6.45, 7) is 2.11. The molecule has 11 aromatic rings. The summed E-state index contributed by atoms with van der Waals surface area (Å²) >= 11 is 1.92. The summed E-state index contributed by atoms with van der Waals surface area (Å²) in [7, 11) is 0. The molecule has 5 heterocycles. The molecule has 0 radical (unpaired) electrons. The van der Waals surface area contributed by atoms with Crippen molar-refractivity contribution >= 4 is 88.9 Å². The van der Waals surface area contributed by atoms with E-state index in [0.29, 0.717) is 0 Å². The van der Waals surface area contributed by atoms with E-state index in [1.54, 1.807) is 0 Å². The van der Waals surface area contributed by atoms with E-state index in [-0.39, 0.29) is 6.85 Å². The number of furan rings is 1. The lowest BCUT2D eigenvalue weighted by Gasteiger charge is -2.52. The van der Waals surface area contributed by atoms with Crippen LogP contribution in [0, 0.1) is 0 Å². The Morgan fingerprint density at radius 3 is 2.02 bits per heavy atom. The normalized spacial score (nSPS) is 14.0. The number of unbranched alkanes of at least 4 members (excludes halogenated alkanes) is 1. The SMILES string of the molecule is CCCCc1ccc(N2c3cc4c(oc5ccccc54)c4c3B(c3c2sc2ccccc32)N2c3ccccc3C(c3ccccc3)(c3ccccc3)c3cccc-4c32)c(-c2ccccc2)c1. The van der Waals surface area contributed by atoms with Gasteiger partial charge in [0.2, 0.25) is 0 Å². The van der Waals surface area contributed by atoms with Crippen molar-refractivity contribution in [1.29, 1.82) is 0 Å². The van der Waals surface area contributed by atoms with Gasteiger partial charge < -0.3 is 14.1 Å². The first-order valence-corrected chi connectivity index (χ1v) is 24.2. The summed E-state index contributed by atoms with van der Waals surface area (Å²) in [4.78, 5) is 5.36. The van der Waals surface area contributed by atoms with E-state index in [2.05, 4.69) is 223 Å². The predicted molar refractivity (Wildman–Crippen MR) is 279 cm³/mol. The van der Waals surface area contributed by atoms with Crippen molar-refractivity contribution in [1.82, 2.24) is 0 Å². The van der Waals surface area contributed by atoms with Crippen LogP contribution in [-0.2, 0) is 11.8 Å². The lowest BCUT2D eigenvalue weighted by molar-refractivity contribution is 0.670. The van der Waals surface area contributed by atoms with Crippen molar-refractivity contribution < 1.29 is 4.42 Å². The molecule has 0 amide bonds. The molecule has 2 aromatic heterocycles. The highest BCUT2D eigenvalue weighted by molar-refractivity contribution is 7.26. The molecule has 0 N–H and O–H groups in total. The maximum absolute atomic E-state index is 7.21. The van der Waals surface area contributed by atoms with Gasteiger partial charge in [0, 0.05) is 49.2 Å². The largest absolute Gasteiger partial charge is 0.455 e. The van der Waals surface area contributed by atoms with E-state index >= 15 is 0 Å².